The van der Waals surface area contributed by atoms with Gasteiger partial charge in [0.15, 0.2) is 0 Å². The molecule has 0 fully saturated rings. The van der Waals surface area contributed by atoms with Crippen molar-refractivity contribution in [2.75, 3.05) is 4.90 Å². The van der Waals surface area contributed by atoms with E-state index in [2.05, 4.69) is 126 Å². The van der Waals surface area contributed by atoms with Crippen molar-refractivity contribution in [3.63, 3.8) is 0 Å². The molecule has 0 aliphatic heterocycles. The molecule has 7 aromatic rings. The van der Waals surface area contributed by atoms with Gasteiger partial charge in [0.25, 0.3) is 0 Å². The Morgan fingerprint density at radius 1 is 0.472 bits per heavy atom. The van der Waals surface area contributed by atoms with Crippen molar-refractivity contribution in [1.82, 2.24) is 4.98 Å². The molecule has 0 amide bonds. The van der Waals surface area contributed by atoms with Gasteiger partial charge in [-0.3, -0.25) is 4.90 Å². The molecule has 170 valence electrons. The summed E-state index contributed by atoms with van der Waals surface area (Å²) in [7, 11) is 0. The quantitative estimate of drug-likeness (QED) is 0.250. The van der Waals surface area contributed by atoms with Crippen LogP contribution < -0.4 is 4.90 Å². The van der Waals surface area contributed by atoms with Gasteiger partial charge in [0, 0.05) is 26.8 Å². The van der Waals surface area contributed by atoms with Crippen molar-refractivity contribution in [1.29, 1.82) is 0 Å². The molecular weight excluding hydrogens is 456 g/mol. The summed E-state index contributed by atoms with van der Waals surface area (Å²) in [6, 6.07) is 47.1. The highest BCUT2D eigenvalue weighted by molar-refractivity contribution is 7.26. The molecule has 0 aliphatic rings. The van der Waals surface area contributed by atoms with E-state index in [9.17, 15) is 0 Å². The Hall–Kier alpha value is -4.47. The first-order chi connectivity index (χ1) is 17.8. The molecule has 0 N–H and O–H groups in total. The van der Waals surface area contributed by atoms with E-state index >= 15 is 0 Å². The maximum absolute atomic E-state index is 5.20. The fourth-order valence-corrected chi connectivity index (χ4v) is 6.13. The molecule has 0 saturated carbocycles. The molecule has 5 aromatic carbocycles. The largest absolute Gasteiger partial charge is 0.295 e. The van der Waals surface area contributed by atoms with Crippen LogP contribution >= 0.6 is 11.3 Å². The Labute approximate surface area is 213 Å². The van der Waals surface area contributed by atoms with Crippen LogP contribution in [0.2, 0.25) is 0 Å². The Morgan fingerprint density at radius 3 is 1.92 bits per heavy atom. The van der Waals surface area contributed by atoms with E-state index in [4.69, 9.17) is 4.98 Å². The summed E-state index contributed by atoms with van der Waals surface area (Å²) in [5.41, 5.74) is 4.59. The minimum atomic E-state index is 0.914. The van der Waals surface area contributed by atoms with Crippen molar-refractivity contribution in [2.45, 2.75) is 0 Å². The maximum Gasteiger partial charge on any atom is 0.139 e. The van der Waals surface area contributed by atoms with E-state index in [0.29, 0.717) is 0 Å². The number of rotatable bonds is 4. The van der Waals surface area contributed by atoms with Crippen LogP contribution in [0.3, 0.4) is 0 Å². The van der Waals surface area contributed by atoms with Gasteiger partial charge < -0.3 is 0 Å². The standard InChI is InChI=1S/C33H22N2S/c1-3-9-23(10-4-1)24-15-18-27(19-16-24)35(26-12-5-2-6-13-26)31-22-21-30-29-20-17-25-11-7-8-14-28(25)32(29)36-33(30)34-31/h1-22H. The lowest BCUT2D eigenvalue weighted by Crippen LogP contribution is -2.11. The van der Waals surface area contributed by atoms with Gasteiger partial charge in [-0.05, 0) is 58.3 Å². The van der Waals surface area contributed by atoms with Crippen LogP contribution in [0.15, 0.2) is 133 Å². The van der Waals surface area contributed by atoms with Gasteiger partial charge in [-0.1, -0.05) is 97.1 Å². The van der Waals surface area contributed by atoms with Crippen molar-refractivity contribution >= 4 is 59.6 Å². The number of thiophene rings is 1. The number of anilines is 3. The number of hydrogen-bond donors (Lipinski definition) is 0. The van der Waals surface area contributed by atoms with Crippen LogP contribution in [0.4, 0.5) is 17.2 Å². The van der Waals surface area contributed by atoms with E-state index in [1.165, 1.54) is 37.4 Å². The minimum Gasteiger partial charge on any atom is -0.295 e. The summed E-state index contributed by atoms with van der Waals surface area (Å²) in [4.78, 5) is 8.49. The molecule has 2 nitrogen and oxygen atoms in total. The molecule has 2 aromatic heterocycles. The topological polar surface area (TPSA) is 16.1 Å². The highest BCUT2D eigenvalue weighted by Gasteiger charge is 2.16. The fraction of sp³-hybridized carbons (Fsp3) is 0. The highest BCUT2D eigenvalue weighted by atomic mass is 32.1. The third kappa shape index (κ3) is 3.53. The molecule has 36 heavy (non-hydrogen) atoms. The van der Waals surface area contributed by atoms with Gasteiger partial charge in [-0.25, -0.2) is 4.98 Å². The second-order valence-electron chi connectivity index (χ2n) is 8.87. The van der Waals surface area contributed by atoms with E-state index in [0.717, 1.165) is 22.0 Å². The third-order valence-corrected chi connectivity index (χ3v) is 7.84. The number of nitrogens with zero attached hydrogens (tertiary/aromatic N) is 2. The van der Waals surface area contributed by atoms with E-state index < -0.39 is 0 Å². The smallest absolute Gasteiger partial charge is 0.139 e. The predicted molar refractivity (Wildman–Crippen MR) is 155 cm³/mol. The second-order valence-corrected chi connectivity index (χ2v) is 9.87. The first kappa shape index (κ1) is 20.9. The van der Waals surface area contributed by atoms with Crippen molar-refractivity contribution < 1.29 is 0 Å². The molecule has 0 radical (unpaired) electrons. The average Bonchev–Trinajstić information content (AvgIpc) is 3.33. The maximum atomic E-state index is 5.20. The van der Waals surface area contributed by atoms with Crippen LogP contribution in [-0.4, -0.2) is 4.98 Å². The lowest BCUT2D eigenvalue weighted by atomic mass is 10.1. The third-order valence-electron chi connectivity index (χ3n) is 6.69. The lowest BCUT2D eigenvalue weighted by Gasteiger charge is -2.24. The van der Waals surface area contributed by atoms with Gasteiger partial charge in [0.2, 0.25) is 0 Å². The summed E-state index contributed by atoms with van der Waals surface area (Å²) in [5, 5.41) is 5.03. The number of fused-ring (bicyclic) bond motifs is 5. The van der Waals surface area contributed by atoms with E-state index in [1.54, 1.807) is 11.3 Å². The van der Waals surface area contributed by atoms with Gasteiger partial charge in [-0.15, -0.1) is 11.3 Å². The van der Waals surface area contributed by atoms with Gasteiger partial charge >= 0.3 is 0 Å². The van der Waals surface area contributed by atoms with Gasteiger partial charge in [0.05, 0.1) is 0 Å². The molecular formula is C33H22N2S. The second kappa shape index (κ2) is 8.63. The molecule has 7 rings (SSSR count). The van der Waals surface area contributed by atoms with E-state index in [1.807, 2.05) is 12.1 Å². The summed E-state index contributed by atoms with van der Waals surface area (Å²) in [5.74, 6) is 0.914. The highest BCUT2D eigenvalue weighted by Crippen LogP contribution is 2.40. The molecule has 0 aliphatic carbocycles. The van der Waals surface area contributed by atoms with E-state index in [-0.39, 0.29) is 0 Å². The molecule has 0 saturated heterocycles. The van der Waals surface area contributed by atoms with Crippen LogP contribution in [-0.2, 0) is 0 Å². The van der Waals surface area contributed by atoms with Crippen LogP contribution in [0.1, 0.15) is 0 Å². The monoisotopic (exact) mass is 478 g/mol. The Bertz CT molecular complexity index is 1820. The van der Waals surface area contributed by atoms with Crippen LogP contribution in [0.5, 0.6) is 0 Å². The summed E-state index contributed by atoms with van der Waals surface area (Å²) < 4.78 is 1.30. The van der Waals surface area contributed by atoms with Crippen molar-refractivity contribution in [3.05, 3.63) is 133 Å². The molecule has 0 spiro atoms. The number of hydrogen-bond acceptors (Lipinski definition) is 3. The zero-order valence-corrected chi connectivity index (χ0v) is 20.3. The zero-order chi connectivity index (χ0) is 23.9. The molecule has 0 atom stereocenters. The molecule has 0 bridgehead atoms. The van der Waals surface area contributed by atoms with Crippen molar-refractivity contribution in [3.8, 4) is 11.1 Å². The Kier molecular flexibility index (Phi) is 5.00. The Balaban J connectivity index is 1.38. The normalized spacial score (nSPS) is 11.3. The molecule has 3 heteroatoms. The fourth-order valence-electron chi connectivity index (χ4n) is 4.92. The number of aromatic nitrogens is 1. The zero-order valence-electron chi connectivity index (χ0n) is 19.5. The Morgan fingerprint density at radius 2 is 1.11 bits per heavy atom. The summed E-state index contributed by atoms with van der Waals surface area (Å²) >= 11 is 1.78. The lowest BCUT2D eigenvalue weighted by molar-refractivity contribution is 1.21. The SMILES string of the molecule is c1ccc(-c2ccc(N(c3ccccc3)c3ccc4c(n3)sc3c5ccccc5ccc43)cc2)cc1. The number of benzene rings is 5. The van der Waals surface area contributed by atoms with Gasteiger partial charge in [-0.2, -0.15) is 0 Å². The predicted octanol–water partition coefficient (Wildman–Crippen LogP) is 9.74. The first-order valence-corrected chi connectivity index (χ1v) is 12.9. The molecule has 2 heterocycles. The number of pyridine rings is 1. The van der Waals surface area contributed by atoms with Crippen LogP contribution in [0, 0.1) is 0 Å². The first-order valence-electron chi connectivity index (χ1n) is 12.1. The molecule has 0 unspecified atom stereocenters. The number of para-hydroxylation sites is 1. The van der Waals surface area contributed by atoms with Gasteiger partial charge in [0.1, 0.15) is 10.6 Å². The average molecular weight is 479 g/mol. The van der Waals surface area contributed by atoms with Crippen LogP contribution in [0.25, 0.3) is 42.2 Å². The minimum absolute atomic E-state index is 0.914. The van der Waals surface area contributed by atoms with Crippen molar-refractivity contribution in [2.24, 2.45) is 0 Å². The summed E-state index contributed by atoms with van der Waals surface area (Å²) in [6.07, 6.45) is 0. The summed E-state index contributed by atoms with van der Waals surface area (Å²) in [6.45, 7) is 0.